The van der Waals surface area contributed by atoms with Crippen molar-refractivity contribution >= 4 is 11.0 Å². The molecular weight excluding hydrogens is 422 g/mol. The Bertz CT molecular complexity index is 1260. The molecule has 2 atom stereocenters. The number of aromatic amines is 1. The van der Waals surface area contributed by atoms with Crippen LogP contribution in [0.5, 0.6) is 0 Å². The second-order valence-electron chi connectivity index (χ2n) is 9.64. The van der Waals surface area contributed by atoms with Gasteiger partial charge in [0.15, 0.2) is 11.4 Å². The van der Waals surface area contributed by atoms with E-state index < -0.39 is 11.2 Å². The summed E-state index contributed by atoms with van der Waals surface area (Å²) in [6, 6.07) is 8.57. The first kappa shape index (κ1) is 20.8. The summed E-state index contributed by atoms with van der Waals surface area (Å²) in [6.07, 6.45) is 6.35. The number of benzene rings is 1. The van der Waals surface area contributed by atoms with Crippen molar-refractivity contribution in [3.05, 3.63) is 56.9 Å². The summed E-state index contributed by atoms with van der Waals surface area (Å²) in [5.41, 5.74) is 0.833. The van der Waals surface area contributed by atoms with Gasteiger partial charge in [0, 0.05) is 63.7 Å². The first-order valence-corrected chi connectivity index (χ1v) is 11.9. The molecule has 0 spiro atoms. The maximum atomic E-state index is 12.3. The molecule has 174 valence electrons. The third-order valence-corrected chi connectivity index (χ3v) is 7.54. The highest BCUT2D eigenvalue weighted by molar-refractivity contribution is 5.84. The lowest BCUT2D eigenvalue weighted by Gasteiger charge is -2.52. The number of piperazine rings is 1. The number of hydrogen-bond acceptors (Lipinski definition) is 7. The smallest absolute Gasteiger partial charge is 0.334 e. The molecule has 9 nitrogen and oxygen atoms in total. The summed E-state index contributed by atoms with van der Waals surface area (Å²) >= 11 is 0. The summed E-state index contributed by atoms with van der Waals surface area (Å²) < 4.78 is 12.3. The molecule has 4 aliphatic rings. The molecule has 0 amide bonds. The summed E-state index contributed by atoms with van der Waals surface area (Å²) in [5, 5.41) is 4.85. The quantitative estimate of drug-likeness (QED) is 0.631. The van der Waals surface area contributed by atoms with Crippen LogP contribution in [0.1, 0.15) is 31.2 Å². The van der Waals surface area contributed by atoms with Crippen LogP contribution in [0.15, 0.2) is 44.6 Å². The van der Waals surface area contributed by atoms with Crippen LogP contribution in [0, 0.1) is 5.92 Å². The van der Waals surface area contributed by atoms with Gasteiger partial charge in [-0.25, -0.2) is 9.36 Å². The lowest BCUT2D eigenvalue weighted by atomic mass is 9.88. The van der Waals surface area contributed by atoms with Gasteiger partial charge in [-0.3, -0.25) is 19.6 Å². The van der Waals surface area contributed by atoms with E-state index in [1.165, 1.54) is 54.6 Å². The van der Waals surface area contributed by atoms with Crippen molar-refractivity contribution < 1.29 is 9.26 Å². The third-order valence-electron chi connectivity index (χ3n) is 7.54. The predicted octanol–water partition coefficient (Wildman–Crippen LogP) is 1.74. The molecule has 3 aromatic rings. The first-order valence-electron chi connectivity index (χ1n) is 11.9. The number of ether oxygens (including phenoxy) is 1. The Kier molecular flexibility index (Phi) is 5.40. The van der Waals surface area contributed by atoms with Crippen molar-refractivity contribution in [3.8, 4) is 5.82 Å². The standard InChI is InChI=1S/C24H29N5O4/c30-22-5-8-29(24(31)25-22)23-20-11-17(1-4-21(20)33-26-23)13-28-15-18-2-3-19(28)14-27(18)12-16-6-9-32-10-7-16/h1,4-5,8,11,16,18-19H,2-3,6-7,9-10,12-15H2,(H,25,30,31). The molecule has 4 aliphatic heterocycles. The Labute approximate surface area is 190 Å². The molecule has 0 saturated carbocycles. The van der Waals surface area contributed by atoms with Gasteiger partial charge in [-0.15, -0.1) is 0 Å². The zero-order valence-corrected chi connectivity index (χ0v) is 18.6. The fourth-order valence-electron chi connectivity index (χ4n) is 5.74. The van der Waals surface area contributed by atoms with Crippen LogP contribution in [-0.2, 0) is 11.3 Å². The SMILES string of the molecule is O=c1ccn(-c2noc3ccc(CN4CC5CCC4CN5CC4CCOCC4)cc23)c(=O)[nH]1. The molecule has 0 aliphatic carbocycles. The van der Waals surface area contributed by atoms with Gasteiger partial charge in [0.25, 0.3) is 5.56 Å². The molecule has 7 rings (SSSR count). The number of hydrogen-bond donors (Lipinski definition) is 1. The van der Waals surface area contributed by atoms with Crippen LogP contribution in [-0.4, -0.2) is 69.4 Å². The molecule has 2 unspecified atom stereocenters. The molecule has 2 aromatic heterocycles. The van der Waals surface area contributed by atoms with Gasteiger partial charge in [0.05, 0.1) is 5.39 Å². The van der Waals surface area contributed by atoms with E-state index >= 15 is 0 Å². The van der Waals surface area contributed by atoms with Gasteiger partial charge in [-0.2, -0.15) is 0 Å². The van der Waals surface area contributed by atoms with Crippen LogP contribution < -0.4 is 11.2 Å². The topological polar surface area (TPSA) is 96.6 Å². The Morgan fingerprint density at radius 1 is 1.00 bits per heavy atom. The third kappa shape index (κ3) is 4.05. The molecule has 1 aromatic carbocycles. The Balaban J connectivity index is 1.19. The molecule has 1 N–H and O–H groups in total. The van der Waals surface area contributed by atoms with Crippen LogP contribution in [0.4, 0.5) is 0 Å². The molecule has 6 heterocycles. The summed E-state index contributed by atoms with van der Waals surface area (Å²) in [7, 11) is 0. The van der Waals surface area contributed by atoms with Gasteiger partial charge < -0.3 is 9.26 Å². The number of aromatic nitrogens is 3. The van der Waals surface area contributed by atoms with Crippen LogP contribution in [0.3, 0.4) is 0 Å². The fourth-order valence-corrected chi connectivity index (χ4v) is 5.74. The molecule has 4 saturated heterocycles. The number of nitrogens with zero attached hydrogens (tertiary/aromatic N) is 4. The fraction of sp³-hybridized carbons (Fsp3) is 0.542. The lowest BCUT2D eigenvalue weighted by Crippen LogP contribution is -2.62. The first-order chi connectivity index (χ1) is 16.1. The van der Waals surface area contributed by atoms with Crippen molar-refractivity contribution in [2.45, 2.75) is 44.3 Å². The Morgan fingerprint density at radius 2 is 1.79 bits per heavy atom. The van der Waals surface area contributed by atoms with Gasteiger partial charge >= 0.3 is 5.69 Å². The van der Waals surface area contributed by atoms with Crippen molar-refractivity contribution in [2.24, 2.45) is 5.92 Å². The lowest BCUT2D eigenvalue weighted by molar-refractivity contribution is -0.0413. The van der Waals surface area contributed by atoms with E-state index in [4.69, 9.17) is 9.26 Å². The highest BCUT2D eigenvalue weighted by Crippen LogP contribution is 2.32. The van der Waals surface area contributed by atoms with E-state index in [1.807, 2.05) is 6.07 Å². The normalized spacial score (nSPS) is 24.6. The monoisotopic (exact) mass is 451 g/mol. The van der Waals surface area contributed by atoms with E-state index in [0.717, 1.165) is 44.2 Å². The van der Waals surface area contributed by atoms with Gasteiger partial charge in [-0.1, -0.05) is 11.2 Å². The largest absolute Gasteiger partial charge is 0.381 e. The molecular formula is C24H29N5O4. The molecule has 33 heavy (non-hydrogen) atoms. The summed E-state index contributed by atoms with van der Waals surface area (Å²) in [6.45, 7) is 6.15. The van der Waals surface area contributed by atoms with E-state index in [1.54, 1.807) is 0 Å². The van der Waals surface area contributed by atoms with Gasteiger partial charge in [0.1, 0.15) is 0 Å². The Morgan fingerprint density at radius 3 is 2.55 bits per heavy atom. The minimum atomic E-state index is -0.527. The van der Waals surface area contributed by atoms with Crippen molar-refractivity contribution in [1.29, 1.82) is 0 Å². The zero-order chi connectivity index (χ0) is 22.4. The Hall–Kier alpha value is -2.75. The molecule has 4 fully saturated rings. The zero-order valence-electron chi connectivity index (χ0n) is 18.6. The average Bonchev–Trinajstić information content (AvgIpc) is 3.24. The van der Waals surface area contributed by atoms with Crippen molar-refractivity contribution in [2.75, 3.05) is 32.8 Å². The van der Waals surface area contributed by atoms with Gasteiger partial charge in [0.2, 0.25) is 0 Å². The second kappa shape index (κ2) is 8.55. The number of fused-ring (bicyclic) bond motifs is 4. The maximum absolute atomic E-state index is 12.3. The maximum Gasteiger partial charge on any atom is 0.334 e. The molecule has 2 bridgehead atoms. The van der Waals surface area contributed by atoms with Crippen molar-refractivity contribution in [1.82, 2.24) is 24.5 Å². The van der Waals surface area contributed by atoms with E-state index in [9.17, 15) is 9.59 Å². The second-order valence-corrected chi connectivity index (χ2v) is 9.64. The molecule has 9 heteroatoms. The minimum Gasteiger partial charge on any atom is -0.381 e. The number of nitrogens with one attached hydrogen (secondary N) is 1. The van der Waals surface area contributed by atoms with E-state index in [2.05, 4.69) is 32.1 Å². The average molecular weight is 452 g/mol. The van der Waals surface area contributed by atoms with E-state index in [-0.39, 0.29) is 0 Å². The predicted molar refractivity (Wildman–Crippen MR) is 123 cm³/mol. The van der Waals surface area contributed by atoms with Crippen LogP contribution in [0.25, 0.3) is 16.8 Å². The van der Waals surface area contributed by atoms with Gasteiger partial charge in [-0.05, 0) is 49.3 Å². The summed E-state index contributed by atoms with van der Waals surface area (Å²) in [4.78, 5) is 31.3. The number of piperidine rings is 2. The number of rotatable bonds is 5. The van der Waals surface area contributed by atoms with Crippen molar-refractivity contribution in [3.63, 3.8) is 0 Å². The van der Waals surface area contributed by atoms with Crippen LogP contribution in [0.2, 0.25) is 0 Å². The highest BCUT2D eigenvalue weighted by Gasteiger charge is 2.39. The molecule has 0 radical (unpaired) electrons. The minimum absolute atomic E-state index is 0.399. The number of H-pyrrole nitrogens is 1. The summed E-state index contributed by atoms with van der Waals surface area (Å²) in [5.74, 6) is 1.17. The van der Waals surface area contributed by atoms with E-state index in [0.29, 0.717) is 23.5 Å². The highest BCUT2D eigenvalue weighted by atomic mass is 16.5. The van der Waals surface area contributed by atoms with Crippen LogP contribution >= 0.6 is 0 Å².